The molecule has 3 rings (SSSR count). The maximum atomic E-state index is 13.2. The van der Waals surface area contributed by atoms with Gasteiger partial charge in [-0.15, -0.1) is 0 Å². The Bertz CT molecular complexity index is 1000. The summed E-state index contributed by atoms with van der Waals surface area (Å²) in [5, 5.41) is 5.60. The maximum Gasteiger partial charge on any atom is 0.323 e. The molecule has 1 aliphatic heterocycles. The molecular weight excluding hydrogens is 410 g/mol. The monoisotopic (exact) mass is 441 g/mol. The van der Waals surface area contributed by atoms with Gasteiger partial charge in [0.25, 0.3) is 0 Å². The second-order valence-corrected chi connectivity index (χ2v) is 8.81. The molecule has 0 bridgehead atoms. The van der Waals surface area contributed by atoms with Gasteiger partial charge in [-0.25, -0.2) is 4.79 Å². The zero-order valence-corrected chi connectivity index (χ0v) is 19.4. The van der Waals surface area contributed by atoms with Gasteiger partial charge in [0.15, 0.2) is 0 Å². The molecule has 32 heavy (non-hydrogen) atoms. The van der Waals surface area contributed by atoms with Gasteiger partial charge < -0.3 is 29.7 Å². The average molecular weight is 442 g/mol. The lowest BCUT2D eigenvalue weighted by Crippen LogP contribution is -2.43. The Morgan fingerprint density at radius 1 is 1.12 bits per heavy atom. The number of ether oxygens (including phenoxy) is 3. The third kappa shape index (κ3) is 5.07. The number of anilines is 3. The van der Waals surface area contributed by atoms with Gasteiger partial charge in [0.2, 0.25) is 5.91 Å². The first-order valence-corrected chi connectivity index (χ1v) is 10.5. The van der Waals surface area contributed by atoms with Crippen molar-refractivity contribution in [3.05, 3.63) is 36.4 Å². The van der Waals surface area contributed by atoms with Crippen LogP contribution >= 0.6 is 0 Å². The first-order chi connectivity index (χ1) is 15.1. The molecule has 0 aliphatic carbocycles. The van der Waals surface area contributed by atoms with Crippen LogP contribution in [0.1, 0.15) is 27.7 Å². The molecule has 0 aromatic heterocycles. The predicted molar refractivity (Wildman–Crippen MR) is 125 cm³/mol. The molecule has 2 aromatic carbocycles. The van der Waals surface area contributed by atoms with E-state index in [4.69, 9.17) is 14.2 Å². The van der Waals surface area contributed by atoms with Gasteiger partial charge in [0.1, 0.15) is 23.9 Å². The first-order valence-electron chi connectivity index (χ1n) is 10.5. The highest BCUT2D eigenvalue weighted by Gasteiger charge is 2.38. The summed E-state index contributed by atoms with van der Waals surface area (Å²) < 4.78 is 16.4. The van der Waals surface area contributed by atoms with E-state index < -0.39 is 11.4 Å². The summed E-state index contributed by atoms with van der Waals surface area (Å²) in [4.78, 5) is 27.6. The fourth-order valence-corrected chi connectivity index (χ4v) is 3.46. The lowest BCUT2D eigenvalue weighted by Gasteiger charge is -2.29. The zero-order chi connectivity index (χ0) is 23.5. The number of urea groups is 1. The van der Waals surface area contributed by atoms with Gasteiger partial charge in [-0.2, -0.15) is 0 Å². The van der Waals surface area contributed by atoms with Crippen molar-refractivity contribution >= 4 is 29.0 Å². The second kappa shape index (κ2) is 9.38. The van der Waals surface area contributed by atoms with Crippen molar-refractivity contribution < 1.29 is 23.8 Å². The molecule has 8 heteroatoms. The van der Waals surface area contributed by atoms with Crippen LogP contribution in [0, 0.1) is 11.3 Å². The Hall–Kier alpha value is -3.42. The van der Waals surface area contributed by atoms with E-state index in [0.717, 1.165) is 0 Å². The lowest BCUT2D eigenvalue weighted by atomic mass is 9.92. The molecule has 2 N–H and O–H groups in total. The highest BCUT2D eigenvalue weighted by molar-refractivity contribution is 6.03. The van der Waals surface area contributed by atoms with Crippen LogP contribution in [-0.2, 0) is 4.79 Å². The molecule has 2 aromatic rings. The number of fused-ring (bicyclic) bond motifs is 1. The molecule has 0 fully saturated rings. The number of carbonyl (C=O) groups is 2. The summed E-state index contributed by atoms with van der Waals surface area (Å²) in [6.07, 6.45) is 0. The van der Waals surface area contributed by atoms with Crippen molar-refractivity contribution in [1.29, 1.82) is 0 Å². The van der Waals surface area contributed by atoms with Crippen LogP contribution in [0.5, 0.6) is 17.2 Å². The number of carbonyl (C=O) groups excluding carboxylic acids is 2. The van der Waals surface area contributed by atoms with E-state index in [2.05, 4.69) is 24.5 Å². The van der Waals surface area contributed by atoms with Gasteiger partial charge >= 0.3 is 6.03 Å². The van der Waals surface area contributed by atoms with E-state index in [1.807, 2.05) is 13.8 Å². The van der Waals surface area contributed by atoms with Crippen molar-refractivity contribution in [2.24, 2.45) is 11.3 Å². The Labute approximate surface area is 188 Å². The van der Waals surface area contributed by atoms with Crippen LogP contribution in [0.3, 0.4) is 0 Å². The molecule has 0 spiro atoms. The van der Waals surface area contributed by atoms with Gasteiger partial charge in [0.05, 0.1) is 31.0 Å². The largest absolute Gasteiger partial charge is 0.497 e. The number of hydrogen-bond donors (Lipinski definition) is 2. The molecule has 3 amide bonds. The average Bonchev–Trinajstić information content (AvgIpc) is 2.84. The van der Waals surface area contributed by atoms with Crippen LogP contribution in [0.4, 0.5) is 21.9 Å². The number of benzene rings is 2. The van der Waals surface area contributed by atoms with E-state index in [-0.39, 0.29) is 18.4 Å². The fourth-order valence-electron chi connectivity index (χ4n) is 3.46. The molecule has 0 unspecified atom stereocenters. The van der Waals surface area contributed by atoms with E-state index in [0.29, 0.717) is 40.9 Å². The van der Waals surface area contributed by atoms with Gasteiger partial charge in [0, 0.05) is 18.3 Å². The Balaban J connectivity index is 1.84. The lowest BCUT2D eigenvalue weighted by molar-refractivity contribution is -0.127. The molecule has 1 aliphatic rings. The standard InChI is InChI=1S/C24H31N3O5/c1-15(2)13-27-19-11-16(7-10-20(19)32-14-24(3,4)22(27)28)25-23(29)26-18-9-8-17(30-5)12-21(18)31-6/h7-12,15H,13-14H2,1-6H3,(H2,25,26,29). The number of amides is 3. The summed E-state index contributed by atoms with van der Waals surface area (Å²) in [6.45, 7) is 8.72. The number of rotatable bonds is 6. The number of nitrogens with zero attached hydrogens (tertiary/aromatic N) is 1. The quantitative estimate of drug-likeness (QED) is 0.675. The van der Waals surface area contributed by atoms with Crippen LogP contribution < -0.4 is 29.7 Å². The molecular formula is C24H31N3O5. The first kappa shape index (κ1) is 23.2. The van der Waals surface area contributed by atoms with Crippen LogP contribution in [0.15, 0.2) is 36.4 Å². The molecule has 0 saturated carbocycles. The van der Waals surface area contributed by atoms with E-state index in [1.165, 1.54) is 7.11 Å². The Morgan fingerprint density at radius 2 is 1.88 bits per heavy atom. The smallest absolute Gasteiger partial charge is 0.323 e. The summed E-state index contributed by atoms with van der Waals surface area (Å²) in [5.41, 5.74) is 1.04. The van der Waals surface area contributed by atoms with Crippen LogP contribution in [0.2, 0.25) is 0 Å². The molecule has 0 radical (unpaired) electrons. The number of methoxy groups -OCH3 is 2. The summed E-state index contributed by atoms with van der Waals surface area (Å²) in [6, 6.07) is 9.97. The predicted octanol–water partition coefficient (Wildman–Crippen LogP) is 4.76. The summed E-state index contributed by atoms with van der Waals surface area (Å²) in [7, 11) is 3.08. The minimum atomic E-state index is -0.649. The van der Waals surface area contributed by atoms with Crippen LogP contribution in [0.25, 0.3) is 0 Å². The highest BCUT2D eigenvalue weighted by Crippen LogP contribution is 2.38. The second-order valence-electron chi connectivity index (χ2n) is 8.81. The van der Waals surface area contributed by atoms with Crippen molar-refractivity contribution in [2.75, 3.05) is 42.9 Å². The molecule has 8 nitrogen and oxygen atoms in total. The number of nitrogens with one attached hydrogen (secondary N) is 2. The fraction of sp³-hybridized carbons (Fsp3) is 0.417. The topological polar surface area (TPSA) is 89.1 Å². The normalized spacial score (nSPS) is 14.8. The minimum Gasteiger partial charge on any atom is -0.497 e. The molecule has 172 valence electrons. The molecule has 1 heterocycles. The minimum absolute atomic E-state index is 0.00507. The van der Waals surface area contributed by atoms with Crippen molar-refractivity contribution in [3.8, 4) is 17.2 Å². The SMILES string of the molecule is COc1ccc(NC(=O)Nc2ccc3c(c2)N(CC(C)C)C(=O)C(C)(C)CO3)c(OC)c1. The zero-order valence-electron chi connectivity index (χ0n) is 19.4. The third-order valence-electron chi connectivity index (χ3n) is 5.12. The van der Waals surface area contributed by atoms with E-state index in [9.17, 15) is 9.59 Å². The van der Waals surface area contributed by atoms with Gasteiger partial charge in [-0.1, -0.05) is 13.8 Å². The molecule has 0 saturated heterocycles. The van der Waals surface area contributed by atoms with Gasteiger partial charge in [-0.3, -0.25) is 4.79 Å². The van der Waals surface area contributed by atoms with Crippen molar-refractivity contribution in [3.63, 3.8) is 0 Å². The van der Waals surface area contributed by atoms with Crippen molar-refractivity contribution in [1.82, 2.24) is 0 Å². The third-order valence-corrected chi connectivity index (χ3v) is 5.12. The van der Waals surface area contributed by atoms with E-state index in [1.54, 1.807) is 48.4 Å². The Kier molecular flexibility index (Phi) is 6.81. The summed E-state index contributed by atoms with van der Waals surface area (Å²) >= 11 is 0. The number of hydrogen-bond acceptors (Lipinski definition) is 5. The van der Waals surface area contributed by atoms with Crippen molar-refractivity contribution in [2.45, 2.75) is 27.7 Å². The van der Waals surface area contributed by atoms with Gasteiger partial charge in [-0.05, 0) is 50.1 Å². The summed E-state index contributed by atoms with van der Waals surface area (Å²) in [5.74, 6) is 1.98. The van der Waals surface area contributed by atoms with E-state index >= 15 is 0 Å². The van der Waals surface area contributed by atoms with Crippen LogP contribution in [-0.4, -0.2) is 39.3 Å². The molecule has 0 atom stereocenters. The highest BCUT2D eigenvalue weighted by atomic mass is 16.5. The maximum absolute atomic E-state index is 13.2. The Morgan fingerprint density at radius 3 is 2.53 bits per heavy atom.